The molecular weight excluding hydrogens is 505 g/mol. The number of rotatable bonds is 6. The molecule has 4 N–H and O–H groups in total. The van der Waals surface area contributed by atoms with Crippen molar-refractivity contribution in [2.45, 2.75) is 18.6 Å². The number of halogens is 4. The van der Waals surface area contributed by atoms with Gasteiger partial charge in [-0.2, -0.15) is 13.2 Å². The molecule has 0 bridgehead atoms. The van der Waals surface area contributed by atoms with Crippen LogP contribution in [0, 0.1) is 0 Å². The molecule has 0 radical (unpaired) electrons. The molecule has 166 valence electrons. The van der Waals surface area contributed by atoms with Crippen LogP contribution in [0.2, 0.25) is 0 Å². The molecule has 5 nitrogen and oxygen atoms in total. The largest absolute Gasteiger partial charge is 0.416 e. The number of benzene rings is 1. The van der Waals surface area contributed by atoms with Crippen molar-refractivity contribution < 1.29 is 18.0 Å². The second kappa shape index (κ2) is 9.05. The Hall–Kier alpha value is -2.69. The molecule has 0 aliphatic carbocycles. The zero-order valence-electron chi connectivity index (χ0n) is 16.5. The average molecular weight is 523 g/mol. The number of amides is 1. The quantitative estimate of drug-likeness (QED) is 0.318. The molecule has 0 aliphatic rings. The van der Waals surface area contributed by atoms with Crippen LogP contribution in [0.25, 0.3) is 21.5 Å². The maximum Gasteiger partial charge on any atom is 0.416 e. The summed E-state index contributed by atoms with van der Waals surface area (Å²) in [5.74, 6) is -0.288. The van der Waals surface area contributed by atoms with Gasteiger partial charge < -0.3 is 16.0 Å². The van der Waals surface area contributed by atoms with Gasteiger partial charge in [0.2, 0.25) is 0 Å². The van der Waals surface area contributed by atoms with Gasteiger partial charge in [0.25, 0.3) is 5.91 Å². The lowest BCUT2D eigenvalue weighted by molar-refractivity contribution is -0.137. The number of H-pyrrole nitrogens is 1. The minimum atomic E-state index is -4.38. The number of nitrogens with zero attached hydrogens (tertiary/aromatic N) is 1. The summed E-state index contributed by atoms with van der Waals surface area (Å²) in [5, 5.41) is 3.83. The summed E-state index contributed by atoms with van der Waals surface area (Å²) in [4.78, 5) is 21.6. The Balaban J connectivity index is 1.49. The number of aromatic nitrogens is 2. The third-order valence-electron chi connectivity index (χ3n) is 5.00. The first-order valence-electron chi connectivity index (χ1n) is 9.65. The molecule has 3 heterocycles. The summed E-state index contributed by atoms with van der Waals surface area (Å²) < 4.78 is 39.0. The fourth-order valence-electron chi connectivity index (χ4n) is 3.39. The van der Waals surface area contributed by atoms with Crippen LogP contribution >= 0.6 is 27.3 Å². The highest BCUT2D eigenvalue weighted by atomic mass is 79.9. The van der Waals surface area contributed by atoms with Crippen molar-refractivity contribution in [3.8, 4) is 10.4 Å². The molecular formula is C22H18BrF3N4OS. The van der Waals surface area contributed by atoms with E-state index in [1.54, 1.807) is 12.3 Å². The van der Waals surface area contributed by atoms with Gasteiger partial charge in [-0.25, -0.2) is 4.98 Å². The summed E-state index contributed by atoms with van der Waals surface area (Å²) in [7, 11) is 0. The Morgan fingerprint density at radius 1 is 1.22 bits per heavy atom. The van der Waals surface area contributed by atoms with Gasteiger partial charge >= 0.3 is 6.18 Å². The number of pyridine rings is 1. The van der Waals surface area contributed by atoms with E-state index in [1.807, 2.05) is 18.3 Å². The number of hydrogen-bond donors (Lipinski definition) is 3. The van der Waals surface area contributed by atoms with E-state index in [4.69, 9.17) is 5.73 Å². The molecule has 1 aromatic carbocycles. The maximum atomic E-state index is 12.9. The number of alkyl halides is 3. The fourth-order valence-corrected chi connectivity index (χ4v) is 5.22. The number of fused-ring (bicyclic) bond motifs is 1. The summed E-state index contributed by atoms with van der Waals surface area (Å²) >= 11 is 4.88. The number of carbonyl (C=O) groups is 1. The number of hydrogen-bond acceptors (Lipinski definition) is 4. The van der Waals surface area contributed by atoms with Crippen molar-refractivity contribution in [1.82, 2.24) is 15.3 Å². The normalized spacial score (nSPS) is 12.8. The molecule has 0 spiro atoms. The number of nitrogens with two attached hydrogens (primary N) is 1. The molecule has 0 aliphatic heterocycles. The van der Waals surface area contributed by atoms with Crippen LogP contribution in [0.15, 0.2) is 59.3 Å². The third-order valence-corrected chi connectivity index (χ3v) is 7.05. The van der Waals surface area contributed by atoms with Crippen molar-refractivity contribution >= 4 is 44.2 Å². The predicted molar refractivity (Wildman–Crippen MR) is 123 cm³/mol. The van der Waals surface area contributed by atoms with Gasteiger partial charge in [0.1, 0.15) is 5.65 Å². The van der Waals surface area contributed by atoms with E-state index in [0.29, 0.717) is 16.9 Å². The molecule has 3 aromatic heterocycles. The Morgan fingerprint density at radius 2 is 1.97 bits per heavy atom. The maximum absolute atomic E-state index is 12.9. The topological polar surface area (TPSA) is 83.8 Å². The molecule has 4 aromatic rings. The highest BCUT2D eigenvalue weighted by molar-refractivity contribution is 9.10. The summed E-state index contributed by atoms with van der Waals surface area (Å²) in [6, 6.07) is 10.0. The van der Waals surface area contributed by atoms with Crippen LogP contribution in [-0.2, 0) is 12.6 Å². The lowest BCUT2D eigenvalue weighted by Gasteiger charge is -2.17. The standard InChI is InChI=1S/C22H18BrF3N4OS/c23-17-10-18(32-19(17)15-5-7-28-20-16(15)6-8-29-20)21(31)30-14(11-27)9-12-1-3-13(4-2-12)22(24,25)26/h1-8,10,14H,9,11,27H2,(H,28,29)(H,30,31). The number of carbonyl (C=O) groups excluding carboxylic acids is 1. The molecule has 32 heavy (non-hydrogen) atoms. The lowest BCUT2D eigenvalue weighted by atomic mass is 10.0. The van der Waals surface area contributed by atoms with Gasteiger partial charge in [-0.15, -0.1) is 11.3 Å². The van der Waals surface area contributed by atoms with Gasteiger partial charge in [0.05, 0.1) is 15.3 Å². The Kier molecular flexibility index (Phi) is 6.36. The molecule has 0 fully saturated rings. The highest BCUT2D eigenvalue weighted by Crippen LogP contribution is 2.39. The second-order valence-corrected chi connectivity index (χ2v) is 9.10. The zero-order chi connectivity index (χ0) is 22.9. The SMILES string of the molecule is NCC(Cc1ccc(C(F)(F)F)cc1)NC(=O)c1cc(Br)c(-c2ccnc3[nH]ccc23)s1. The van der Waals surface area contributed by atoms with Crippen molar-refractivity contribution in [3.05, 3.63) is 75.3 Å². The van der Waals surface area contributed by atoms with Crippen molar-refractivity contribution in [1.29, 1.82) is 0 Å². The summed E-state index contributed by atoms with van der Waals surface area (Å²) in [6.45, 7) is 0.153. The van der Waals surface area contributed by atoms with Crippen molar-refractivity contribution in [2.24, 2.45) is 5.73 Å². The predicted octanol–water partition coefficient (Wildman–Crippen LogP) is 5.37. The number of thiophene rings is 1. The minimum absolute atomic E-state index is 0.153. The van der Waals surface area contributed by atoms with Crippen molar-refractivity contribution in [3.63, 3.8) is 0 Å². The Morgan fingerprint density at radius 3 is 2.66 bits per heavy atom. The zero-order valence-corrected chi connectivity index (χ0v) is 18.9. The van der Waals surface area contributed by atoms with E-state index < -0.39 is 17.8 Å². The Labute approximate surface area is 194 Å². The first kappa shape index (κ1) is 22.5. The van der Waals surface area contributed by atoms with Crippen LogP contribution < -0.4 is 11.1 Å². The van der Waals surface area contributed by atoms with Crippen LogP contribution in [-0.4, -0.2) is 28.5 Å². The molecule has 0 saturated heterocycles. The fraction of sp³-hybridized carbons (Fsp3) is 0.182. The van der Waals surface area contributed by atoms with E-state index in [0.717, 1.165) is 38.1 Å². The smallest absolute Gasteiger partial charge is 0.347 e. The van der Waals surface area contributed by atoms with Crippen LogP contribution in [0.4, 0.5) is 13.2 Å². The van der Waals surface area contributed by atoms with Crippen LogP contribution in [0.1, 0.15) is 20.8 Å². The monoisotopic (exact) mass is 522 g/mol. The molecule has 4 rings (SSSR count). The van der Waals surface area contributed by atoms with E-state index in [-0.39, 0.29) is 12.5 Å². The minimum Gasteiger partial charge on any atom is -0.347 e. The van der Waals surface area contributed by atoms with Gasteiger partial charge in [-0.1, -0.05) is 12.1 Å². The van der Waals surface area contributed by atoms with E-state index in [9.17, 15) is 18.0 Å². The van der Waals surface area contributed by atoms with Gasteiger partial charge in [-0.3, -0.25) is 4.79 Å². The first-order valence-corrected chi connectivity index (χ1v) is 11.3. The molecule has 1 unspecified atom stereocenters. The highest BCUT2D eigenvalue weighted by Gasteiger charge is 2.30. The number of aromatic amines is 1. The first-order chi connectivity index (χ1) is 15.3. The summed E-state index contributed by atoms with van der Waals surface area (Å²) in [6.07, 6.45) is -0.544. The van der Waals surface area contributed by atoms with Gasteiger partial charge in [-0.05, 0) is 58.2 Å². The number of nitrogens with one attached hydrogen (secondary N) is 2. The summed E-state index contributed by atoms with van der Waals surface area (Å²) in [5.41, 5.74) is 7.47. The van der Waals surface area contributed by atoms with E-state index in [2.05, 4.69) is 31.2 Å². The average Bonchev–Trinajstić information content (AvgIpc) is 3.39. The molecule has 1 atom stereocenters. The molecule has 0 saturated carbocycles. The van der Waals surface area contributed by atoms with Crippen LogP contribution in [0.3, 0.4) is 0 Å². The lowest BCUT2D eigenvalue weighted by Crippen LogP contribution is -2.41. The van der Waals surface area contributed by atoms with Crippen LogP contribution in [0.5, 0.6) is 0 Å². The Bertz CT molecular complexity index is 1250. The van der Waals surface area contributed by atoms with Crippen molar-refractivity contribution in [2.75, 3.05) is 6.54 Å². The third kappa shape index (κ3) is 4.72. The molecule has 1 amide bonds. The van der Waals surface area contributed by atoms with E-state index in [1.165, 1.54) is 23.5 Å². The molecule has 10 heteroatoms. The van der Waals surface area contributed by atoms with Gasteiger partial charge in [0.15, 0.2) is 0 Å². The second-order valence-electron chi connectivity index (χ2n) is 7.19. The van der Waals surface area contributed by atoms with Gasteiger partial charge in [0, 0.05) is 40.4 Å². The van der Waals surface area contributed by atoms with E-state index >= 15 is 0 Å².